The quantitative estimate of drug-likeness (QED) is 0.630. The molecule has 1 aliphatic rings. The number of rotatable bonds is 3. The number of Topliss-reactive ketones (excluding diaryl/α,β-unsaturated/α-hetero) is 1. The molecule has 1 aliphatic heterocycles. The zero-order chi connectivity index (χ0) is 10.7. The summed E-state index contributed by atoms with van der Waals surface area (Å²) in [6.07, 6.45) is 5.86. The van der Waals surface area contributed by atoms with Gasteiger partial charge in [0.25, 0.3) is 0 Å². The summed E-state index contributed by atoms with van der Waals surface area (Å²) in [5.74, 6) is 0.459. The topological polar surface area (TPSA) is 37.3 Å². The second kappa shape index (κ2) is 4.76. The van der Waals surface area contributed by atoms with Crippen molar-refractivity contribution in [2.45, 2.75) is 12.8 Å². The highest BCUT2D eigenvalue weighted by atomic mass is 31.1. The van der Waals surface area contributed by atoms with Crippen LogP contribution in [0, 0.1) is 0 Å². The number of carbonyl (C=O) groups is 1. The lowest BCUT2D eigenvalue weighted by molar-refractivity contribution is 0.102. The molecule has 0 amide bonds. The number of hydrogen-bond acceptors (Lipinski definition) is 2. The third-order valence-corrected chi connectivity index (χ3v) is 5.39. The molecule has 0 saturated carbocycles. The van der Waals surface area contributed by atoms with Crippen LogP contribution in [-0.4, -0.2) is 29.4 Å². The number of carbonyl (C=O) groups excluding carboxylic acids is 1. The van der Waals surface area contributed by atoms with E-state index in [0.29, 0.717) is 0 Å². The molecule has 1 N–H and O–H groups in total. The largest absolute Gasteiger partial charge is 0.508 e. The predicted octanol–water partition coefficient (Wildman–Crippen LogP) is 2.85. The number of aromatic hydroxyl groups is 1. The van der Waals surface area contributed by atoms with Gasteiger partial charge in [0.05, 0.1) is 0 Å². The summed E-state index contributed by atoms with van der Waals surface area (Å²) in [5, 5.41) is 9.12. The fraction of sp³-hybridized carbons (Fsp3) is 0.417. The fourth-order valence-corrected chi connectivity index (χ4v) is 4.35. The van der Waals surface area contributed by atoms with Crippen molar-refractivity contribution >= 4 is 13.7 Å². The van der Waals surface area contributed by atoms with Crippen LogP contribution < -0.4 is 0 Å². The highest BCUT2D eigenvalue weighted by molar-refractivity contribution is 7.59. The van der Waals surface area contributed by atoms with Crippen LogP contribution in [0.15, 0.2) is 24.3 Å². The van der Waals surface area contributed by atoms with Gasteiger partial charge in [-0.25, -0.2) is 0 Å². The van der Waals surface area contributed by atoms with E-state index in [4.69, 9.17) is 5.11 Å². The highest BCUT2D eigenvalue weighted by Crippen LogP contribution is 2.43. The van der Waals surface area contributed by atoms with E-state index < -0.39 is 0 Å². The average molecular weight is 222 g/mol. The van der Waals surface area contributed by atoms with Crippen molar-refractivity contribution in [2.75, 3.05) is 18.5 Å². The van der Waals surface area contributed by atoms with E-state index in [1.54, 1.807) is 24.3 Å². The lowest BCUT2D eigenvalue weighted by Crippen LogP contribution is -2.04. The normalized spacial score (nSPS) is 16.8. The van der Waals surface area contributed by atoms with Crippen LogP contribution in [0.4, 0.5) is 0 Å². The van der Waals surface area contributed by atoms with E-state index in [-0.39, 0.29) is 19.5 Å². The van der Waals surface area contributed by atoms with Crippen molar-refractivity contribution in [3.63, 3.8) is 0 Å². The molecule has 0 aliphatic carbocycles. The smallest absolute Gasteiger partial charge is 0.167 e. The minimum absolute atomic E-state index is 0.0278. The van der Waals surface area contributed by atoms with E-state index >= 15 is 0 Å². The zero-order valence-corrected chi connectivity index (χ0v) is 9.54. The molecule has 0 atom stereocenters. The first kappa shape index (κ1) is 10.6. The van der Waals surface area contributed by atoms with E-state index in [9.17, 15) is 4.79 Å². The number of hydrogen-bond donors (Lipinski definition) is 1. The summed E-state index contributed by atoms with van der Waals surface area (Å²) >= 11 is 0. The third kappa shape index (κ3) is 2.79. The minimum atomic E-state index is -0.0278. The Bertz CT molecular complexity index is 339. The second-order valence-electron chi connectivity index (χ2n) is 3.95. The van der Waals surface area contributed by atoms with Gasteiger partial charge in [0.2, 0.25) is 0 Å². The fourth-order valence-electron chi connectivity index (χ4n) is 1.88. The van der Waals surface area contributed by atoms with E-state index in [1.807, 2.05) is 0 Å². The first-order valence-electron chi connectivity index (χ1n) is 5.30. The Kier molecular flexibility index (Phi) is 3.37. The van der Waals surface area contributed by atoms with Gasteiger partial charge in [-0.2, -0.15) is 0 Å². The summed E-state index contributed by atoms with van der Waals surface area (Å²) in [6, 6.07) is 6.58. The molecule has 1 aromatic carbocycles. The lowest BCUT2D eigenvalue weighted by atomic mass is 10.1. The Morgan fingerprint density at radius 2 is 1.80 bits per heavy atom. The van der Waals surface area contributed by atoms with Crippen molar-refractivity contribution in [1.29, 1.82) is 0 Å². The van der Waals surface area contributed by atoms with Crippen LogP contribution in [0.2, 0.25) is 0 Å². The van der Waals surface area contributed by atoms with Gasteiger partial charge >= 0.3 is 0 Å². The Hall–Kier alpha value is -0.880. The first-order chi connectivity index (χ1) is 7.25. The van der Waals surface area contributed by atoms with Crippen LogP contribution in [0.25, 0.3) is 0 Å². The van der Waals surface area contributed by atoms with Crippen molar-refractivity contribution in [1.82, 2.24) is 0 Å². The predicted molar refractivity (Wildman–Crippen MR) is 63.2 cm³/mol. The summed E-state index contributed by atoms with van der Waals surface area (Å²) in [6.45, 7) is 0. The van der Waals surface area contributed by atoms with Crippen molar-refractivity contribution in [3.8, 4) is 5.75 Å². The highest BCUT2D eigenvalue weighted by Gasteiger charge is 2.18. The number of phenolic OH excluding ortho intramolecular Hbond substituents is 1. The molecule has 0 bridgehead atoms. The van der Waals surface area contributed by atoms with E-state index in [2.05, 4.69) is 0 Å². The number of phenols is 1. The summed E-state index contributed by atoms with van der Waals surface area (Å²) in [4.78, 5) is 11.8. The first-order valence-corrected chi connectivity index (χ1v) is 7.20. The molecule has 0 radical (unpaired) electrons. The van der Waals surface area contributed by atoms with E-state index in [0.717, 1.165) is 11.7 Å². The molecule has 1 saturated heterocycles. The number of benzene rings is 1. The Balaban J connectivity index is 1.98. The van der Waals surface area contributed by atoms with Gasteiger partial charge in [0.15, 0.2) is 5.78 Å². The van der Waals surface area contributed by atoms with Gasteiger partial charge in [-0.1, -0.05) is 7.92 Å². The molecule has 0 spiro atoms. The molecule has 1 heterocycles. The molecule has 1 aromatic rings. The lowest BCUT2D eigenvalue weighted by Gasteiger charge is -2.08. The van der Waals surface area contributed by atoms with Crippen LogP contribution in [0.1, 0.15) is 23.2 Å². The average Bonchev–Trinajstić information content (AvgIpc) is 2.71. The standard InChI is InChI=1S/C12H15O2P/c13-11-5-3-10(4-6-11)12(14)9-15-7-1-2-8-15/h3-6,13H,1-2,7-9H2. The van der Waals surface area contributed by atoms with Crippen molar-refractivity contribution in [3.05, 3.63) is 29.8 Å². The van der Waals surface area contributed by atoms with Crippen LogP contribution in [0.5, 0.6) is 5.75 Å². The Morgan fingerprint density at radius 1 is 1.20 bits per heavy atom. The minimum Gasteiger partial charge on any atom is -0.508 e. The Morgan fingerprint density at radius 3 is 2.40 bits per heavy atom. The zero-order valence-electron chi connectivity index (χ0n) is 8.65. The summed E-state index contributed by atoms with van der Waals surface area (Å²) in [7, 11) is -0.0278. The van der Waals surface area contributed by atoms with Gasteiger partial charge in [-0.15, -0.1) is 0 Å². The Labute approximate surface area is 91.1 Å². The molecule has 80 valence electrons. The third-order valence-electron chi connectivity index (χ3n) is 2.76. The molecule has 0 aromatic heterocycles. The van der Waals surface area contributed by atoms with Crippen LogP contribution >= 0.6 is 7.92 Å². The maximum atomic E-state index is 11.8. The molecule has 1 fully saturated rings. The van der Waals surface area contributed by atoms with Gasteiger partial charge < -0.3 is 5.11 Å². The molecule has 15 heavy (non-hydrogen) atoms. The SMILES string of the molecule is O=C(CP1CCCC1)c1ccc(O)cc1. The molecule has 2 rings (SSSR count). The van der Waals surface area contributed by atoms with Crippen molar-refractivity contribution < 1.29 is 9.90 Å². The van der Waals surface area contributed by atoms with Gasteiger partial charge in [-0.05, 0) is 49.4 Å². The van der Waals surface area contributed by atoms with Crippen LogP contribution in [-0.2, 0) is 0 Å². The van der Waals surface area contributed by atoms with Gasteiger partial charge in [-0.3, -0.25) is 4.79 Å². The molecule has 0 unspecified atom stereocenters. The number of ketones is 1. The summed E-state index contributed by atoms with van der Waals surface area (Å²) < 4.78 is 0. The summed E-state index contributed by atoms with van der Waals surface area (Å²) in [5.41, 5.74) is 0.738. The van der Waals surface area contributed by atoms with E-state index in [1.165, 1.54) is 25.2 Å². The monoisotopic (exact) mass is 222 g/mol. The second-order valence-corrected chi connectivity index (χ2v) is 6.51. The van der Waals surface area contributed by atoms with Gasteiger partial charge in [0, 0.05) is 11.7 Å². The molecule has 2 nitrogen and oxygen atoms in total. The molecular weight excluding hydrogens is 207 g/mol. The maximum Gasteiger partial charge on any atom is 0.167 e. The van der Waals surface area contributed by atoms with Crippen LogP contribution in [0.3, 0.4) is 0 Å². The maximum absolute atomic E-state index is 11.8. The van der Waals surface area contributed by atoms with Crippen molar-refractivity contribution in [2.24, 2.45) is 0 Å². The molecular formula is C12H15O2P. The van der Waals surface area contributed by atoms with Gasteiger partial charge in [0.1, 0.15) is 5.75 Å². The molecule has 3 heteroatoms.